The monoisotopic (exact) mass is 613 g/mol. The van der Waals surface area contributed by atoms with Gasteiger partial charge >= 0.3 is 0 Å². The van der Waals surface area contributed by atoms with Crippen LogP contribution in [0.2, 0.25) is 0 Å². The minimum Gasteiger partial charge on any atom is -0.381 e. The third-order valence-corrected chi connectivity index (χ3v) is 9.16. The van der Waals surface area contributed by atoms with E-state index in [0.29, 0.717) is 40.0 Å². The fraction of sp³-hybridized carbons (Fsp3) is 0.424. The molecule has 0 atom stereocenters. The Kier molecular flexibility index (Phi) is 8.61. The molecule has 0 aliphatic carbocycles. The van der Waals surface area contributed by atoms with Crippen molar-refractivity contribution in [2.24, 2.45) is 0 Å². The van der Waals surface area contributed by atoms with Crippen molar-refractivity contribution in [3.05, 3.63) is 71.7 Å². The third kappa shape index (κ3) is 6.64. The molecular formula is C33H40FN9O2. The number of halogens is 1. The summed E-state index contributed by atoms with van der Waals surface area (Å²) in [5, 5.41) is 6.13. The standard InChI is InChI=1S/C33H40FN9O2/c1-40-12-14-41(15-13-40)26-8-6-25(7-9-26)36-33-37-31-29(28(22-35-31)30(44)23-2-4-24(34)5-3-23)32(38-33)39-43-18-16-42(17-19-43)27-10-20-45-21-11-27/h2-9,22,27H,10-21H2,1H3,(H3,35,36,37,38,39). The Balaban J connectivity index is 1.14. The van der Waals surface area contributed by atoms with E-state index in [1.54, 1.807) is 6.20 Å². The van der Waals surface area contributed by atoms with Crippen LogP contribution < -0.4 is 15.6 Å². The van der Waals surface area contributed by atoms with Gasteiger partial charge in [0.1, 0.15) is 11.5 Å². The summed E-state index contributed by atoms with van der Waals surface area (Å²) in [4.78, 5) is 33.7. The van der Waals surface area contributed by atoms with Crippen LogP contribution in [0, 0.1) is 5.82 Å². The number of piperazine rings is 2. The molecule has 236 valence electrons. The summed E-state index contributed by atoms with van der Waals surface area (Å²) in [6.45, 7) is 9.27. The van der Waals surface area contributed by atoms with Gasteiger partial charge < -0.3 is 30.3 Å². The van der Waals surface area contributed by atoms with E-state index >= 15 is 0 Å². The topological polar surface area (TPSA) is 105 Å². The fourth-order valence-electron chi connectivity index (χ4n) is 6.45. The second-order valence-electron chi connectivity index (χ2n) is 12.1. The van der Waals surface area contributed by atoms with Gasteiger partial charge in [-0.15, -0.1) is 0 Å². The van der Waals surface area contributed by atoms with Gasteiger partial charge in [0.25, 0.3) is 0 Å². The summed E-state index contributed by atoms with van der Waals surface area (Å²) in [6.07, 6.45) is 3.81. The average molecular weight is 614 g/mol. The molecule has 2 aromatic heterocycles. The van der Waals surface area contributed by atoms with Crippen molar-refractivity contribution < 1.29 is 13.9 Å². The van der Waals surface area contributed by atoms with Crippen LogP contribution in [0.4, 0.5) is 27.5 Å². The van der Waals surface area contributed by atoms with E-state index in [2.05, 4.69) is 54.6 Å². The Bertz CT molecular complexity index is 1610. The predicted molar refractivity (Wildman–Crippen MR) is 174 cm³/mol. The maximum absolute atomic E-state index is 13.6. The Morgan fingerprint density at radius 2 is 1.62 bits per heavy atom. The van der Waals surface area contributed by atoms with Crippen LogP contribution in [-0.4, -0.2) is 114 Å². The molecule has 3 aliphatic rings. The molecule has 3 saturated heterocycles. The summed E-state index contributed by atoms with van der Waals surface area (Å²) in [5.41, 5.74) is 6.96. The van der Waals surface area contributed by atoms with Crippen molar-refractivity contribution in [1.82, 2.24) is 29.8 Å². The minimum absolute atomic E-state index is 0.225. The Morgan fingerprint density at radius 1 is 0.911 bits per heavy atom. The van der Waals surface area contributed by atoms with Crippen molar-refractivity contribution in [2.75, 3.05) is 88.3 Å². The molecule has 3 fully saturated rings. The molecule has 0 saturated carbocycles. The molecule has 45 heavy (non-hydrogen) atoms. The minimum atomic E-state index is -0.386. The van der Waals surface area contributed by atoms with Crippen molar-refractivity contribution in [3.63, 3.8) is 0 Å². The van der Waals surface area contributed by atoms with E-state index in [4.69, 9.17) is 14.7 Å². The number of aromatic nitrogens is 3. The number of anilines is 4. The zero-order valence-electron chi connectivity index (χ0n) is 25.6. The SMILES string of the molecule is CN1CCN(c2ccc(Nc3nc(NN4CCN(C5CCOCC5)CC4)c4c(C(=O)c5ccc(F)cc5)c[nH]c4n3)cc2)CC1. The Labute approximate surface area is 262 Å². The maximum Gasteiger partial charge on any atom is 0.231 e. The molecule has 0 unspecified atom stereocenters. The molecular weight excluding hydrogens is 573 g/mol. The van der Waals surface area contributed by atoms with Crippen LogP contribution >= 0.6 is 0 Å². The third-order valence-electron chi connectivity index (χ3n) is 9.16. The highest BCUT2D eigenvalue weighted by Crippen LogP contribution is 2.30. The van der Waals surface area contributed by atoms with Gasteiger partial charge in [0.2, 0.25) is 5.95 Å². The van der Waals surface area contributed by atoms with Crippen molar-refractivity contribution in [1.29, 1.82) is 0 Å². The van der Waals surface area contributed by atoms with E-state index in [9.17, 15) is 9.18 Å². The maximum atomic E-state index is 13.6. The number of hydrazine groups is 1. The number of ether oxygens (including phenoxy) is 1. The number of hydrogen-bond acceptors (Lipinski definition) is 10. The molecule has 3 aliphatic heterocycles. The van der Waals surface area contributed by atoms with Gasteiger partial charge in [-0.2, -0.15) is 9.97 Å². The van der Waals surface area contributed by atoms with E-state index in [0.717, 1.165) is 84.1 Å². The van der Waals surface area contributed by atoms with Gasteiger partial charge in [-0.05, 0) is 68.4 Å². The van der Waals surface area contributed by atoms with Crippen LogP contribution in [0.1, 0.15) is 28.8 Å². The van der Waals surface area contributed by atoms with E-state index < -0.39 is 0 Å². The molecule has 0 amide bonds. The summed E-state index contributed by atoms with van der Waals surface area (Å²) >= 11 is 0. The zero-order valence-corrected chi connectivity index (χ0v) is 25.6. The molecule has 2 aromatic carbocycles. The fourth-order valence-corrected chi connectivity index (χ4v) is 6.45. The first-order chi connectivity index (χ1) is 22.0. The second-order valence-corrected chi connectivity index (χ2v) is 12.1. The largest absolute Gasteiger partial charge is 0.381 e. The number of likely N-dealkylation sites (N-methyl/N-ethyl adjacent to an activating group) is 1. The number of carbonyl (C=O) groups excluding carboxylic acids is 1. The van der Waals surface area contributed by atoms with Crippen LogP contribution in [-0.2, 0) is 4.74 Å². The summed E-state index contributed by atoms with van der Waals surface area (Å²) in [6, 6.07) is 14.5. The summed E-state index contributed by atoms with van der Waals surface area (Å²) in [5.74, 6) is 0.351. The lowest BCUT2D eigenvalue weighted by atomic mass is 10.0. The number of rotatable bonds is 8. The molecule has 3 N–H and O–H groups in total. The number of fused-ring (bicyclic) bond motifs is 1. The first-order valence-corrected chi connectivity index (χ1v) is 15.8. The van der Waals surface area contributed by atoms with Crippen LogP contribution in [0.25, 0.3) is 11.0 Å². The number of ketones is 1. The number of nitrogens with one attached hydrogen (secondary N) is 3. The lowest BCUT2D eigenvalue weighted by Gasteiger charge is -2.40. The molecule has 5 heterocycles. The lowest BCUT2D eigenvalue weighted by Crippen LogP contribution is -2.53. The Hall–Kier alpha value is -4.10. The van der Waals surface area contributed by atoms with E-state index in [-0.39, 0.29) is 11.6 Å². The smallest absolute Gasteiger partial charge is 0.231 e. The average Bonchev–Trinajstić information content (AvgIpc) is 3.51. The second kappa shape index (κ2) is 13.1. The zero-order chi connectivity index (χ0) is 30.8. The van der Waals surface area contributed by atoms with Gasteiger partial charge in [-0.25, -0.2) is 9.40 Å². The molecule has 0 radical (unpaired) electrons. The Morgan fingerprint density at radius 3 is 2.33 bits per heavy atom. The predicted octanol–water partition coefficient (Wildman–Crippen LogP) is 3.95. The number of aromatic amines is 1. The molecule has 0 spiro atoms. The van der Waals surface area contributed by atoms with Crippen molar-refractivity contribution in [2.45, 2.75) is 18.9 Å². The molecule has 0 bridgehead atoms. The lowest BCUT2D eigenvalue weighted by molar-refractivity contribution is 0.0172. The highest BCUT2D eigenvalue weighted by atomic mass is 19.1. The number of hydrogen-bond donors (Lipinski definition) is 3. The highest BCUT2D eigenvalue weighted by molar-refractivity contribution is 6.18. The van der Waals surface area contributed by atoms with Crippen LogP contribution in [0.15, 0.2) is 54.7 Å². The number of benzene rings is 2. The van der Waals surface area contributed by atoms with Gasteiger partial charge in [0, 0.05) is 94.7 Å². The van der Waals surface area contributed by atoms with Crippen molar-refractivity contribution in [3.8, 4) is 0 Å². The van der Waals surface area contributed by atoms with Gasteiger partial charge in [0.05, 0.1) is 10.9 Å². The number of H-pyrrole nitrogens is 1. The van der Waals surface area contributed by atoms with Gasteiger partial charge in [0.15, 0.2) is 11.6 Å². The van der Waals surface area contributed by atoms with Crippen molar-refractivity contribution >= 4 is 40.0 Å². The molecule has 11 nitrogen and oxygen atoms in total. The first-order valence-electron chi connectivity index (χ1n) is 15.8. The number of carbonyl (C=O) groups is 1. The summed E-state index contributed by atoms with van der Waals surface area (Å²) in [7, 11) is 2.16. The number of nitrogens with zero attached hydrogens (tertiary/aromatic N) is 6. The van der Waals surface area contributed by atoms with Crippen LogP contribution in [0.5, 0.6) is 0 Å². The van der Waals surface area contributed by atoms with E-state index in [1.165, 1.54) is 30.0 Å². The summed E-state index contributed by atoms with van der Waals surface area (Å²) < 4.78 is 19.2. The quantitative estimate of drug-likeness (QED) is 0.253. The normalized spacial score (nSPS) is 19.2. The molecule has 4 aromatic rings. The van der Waals surface area contributed by atoms with Gasteiger partial charge in [-0.3, -0.25) is 9.69 Å². The van der Waals surface area contributed by atoms with Gasteiger partial charge in [-0.1, -0.05) is 0 Å². The highest BCUT2D eigenvalue weighted by Gasteiger charge is 2.27. The molecule has 7 rings (SSSR count). The van der Waals surface area contributed by atoms with Crippen LogP contribution in [0.3, 0.4) is 0 Å². The van der Waals surface area contributed by atoms with E-state index in [1.807, 2.05) is 12.1 Å². The first kappa shape index (κ1) is 29.6. The molecule has 12 heteroatoms.